The molecule has 0 atom stereocenters. The van der Waals surface area contributed by atoms with Crippen molar-refractivity contribution in [2.45, 2.75) is 59.6 Å². The van der Waals surface area contributed by atoms with Gasteiger partial charge in [0.1, 0.15) is 11.4 Å². The standard InChI is InChI=1S/C23H29ClN4O3/c1-7-30-19-11-9-8-10-16(19)14-27(22(29)31-23(4,5)6)17-12-20(24)26-28-18(15(2)3)13-25-21(17)28/h8-13,15H,7,14H2,1-6H3. The second-order valence-electron chi connectivity index (χ2n) is 8.53. The maximum Gasteiger partial charge on any atom is 0.415 e. The van der Waals surface area contributed by atoms with Gasteiger partial charge >= 0.3 is 6.09 Å². The van der Waals surface area contributed by atoms with Gasteiger partial charge in [0, 0.05) is 11.6 Å². The lowest BCUT2D eigenvalue weighted by molar-refractivity contribution is 0.0577. The topological polar surface area (TPSA) is 69.0 Å². The van der Waals surface area contributed by atoms with Crippen LogP contribution in [0.1, 0.15) is 58.7 Å². The Kier molecular flexibility index (Phi) is 6.74. The van der Waals surface area contributed by atoms with Gasteiger partial charge in [-0.2, -0.15) is 5.10 Å². The first-order valence-corrected chi connectivity index (χ1v) is 10.7. The van der Waals surface area contributed by atoms with Crippen molar-refractivity contribution in [3.63, 3.8) is 0 Å². The van der Waals surface area contributed by atoms with E-state index in [0.29, 0.717) is 23.7 Å². The van der Waals surface area contributed by atoms with Crippen molar-refractivity contribution in [1.82, 2.24) is 14.6 Å². The number of rotatable bonds is 6. The number of hydrogen-bond donors (Lipinski definition) is 0. The van der Waals surface area contributed by atoms with Gasteiger partial charge in [-0.05, 0) is 39.7 Å². The van der Waals surface area contributed by atoms with E-state index in [1.807, 2.05) is 52.0 Å². The summed E-state index contributed by atoms with van der Waals surface area (Å²) in [7, 11) is 0. The first-order valence-electron chi connectivity index (χ1n) is 10.4. The zero-order chi connectivity index (χ0) is 22.8. The van der Waals surface area contributed by atoms with Gasteiger partial charge in [0.15, 0.2) is 10.8 Å². The van der Waals surface area contributed by atoms with Crippen LogP contribution >= 0.6 is 11.6 Å². The van der Waals surface area contributed by atoms with Crippen LogP contribution in [-0.4, -0.2) is 32.9 Å². The van der Waals surface area contributed by atoms with Crippen molar-refractivity contribution >= 4 is 29.0 Å². The number of halogens is 1. The number of para-hydroxylation sites is 1. The summed E-state index contributed by atoms with van der Waals surface area (Å²) >= 11 is 6.36. The number of ether oxygens (including phenoxy) is 2. The SMILES string of the molecule is CCOc1ccccc1CN(C(=O)OC(C)(C)C)c1cc(Cl)nn2c(C(C)C)cnc12. The third-order valence-corrected chi connectivity index (χ3v) is 4.73. The first-order chi connectivity index (χ1) is 14.6. The molecular weight excluding hydrogens is 416 g/mol. The predicted molar refractivity (Wildman–Crippen MR) is 122 cm³/mol. The molecule has 1 amide bonds. The number of hydrogen-bond acceptors (Lipinski definition) is 5. The Bertz CT molecular complexity index is 1070. The van der Waals surface area contributed by atoms with E-state index < -0.39 is 11.7 Å². The van der Waals surface area contributed by atoms with E-state index in [2.05, 4.69) is 23.9 Å². The molecule has 3 rings (SSSR count). The van der Waals surface area contributed by atoms with Gasteiger partial charge in [0.25, 0.3) is 0 Å². The van der Waals surface area contributed by atoms with Gasteiger partial charge in [-0.3, -0.25) is 4.90 Å². The summed E-state index contributed by atoms with van der Waals surface area (Å²) in [6, 6.07) is 9.26. The molecule has 0 radical (unpaired) electrons. The number of anilines is 1. The Labute approximate surface area is 187 Å². The minimum absolute atomic E-state index is 0.183. The zero-order valence-electron chi connectivity index (χ0n) is 18.8. The Morgan fingerprint density at radius 1 is 1.26 bits per heavy atom. The summed E-state index contributed by atoms with van der Waals surface area (Å²) in [5.74, 6) is 0.892. The number of nitrogens with zero attached hydrogens (tertiary/aromatic N) is 4. The van der Waals surface area contributed by atoms with Crippen molar-refractivity contribution in [1.29, 1.82) is 0 Å². The Morgan fingerprint density at radius 3 is 2.61 bits per heavy atom. The summed E-state index contributed by atoms with van der Waals surface area (Å²) < 4.78 is 13.2. The molecule has 8 heteroatoms. The second kappa shape index (κ2) is 9.14. The second-order valence-corrected chi connectivity index (χ2v) is 8.92. The van der Waals surface area contributed by atoms with Crippen LogP contribution in [0.15, 0.2) is 36.5 Å². The van der Waals surface area contributed by atoms with Crippen LogP contribution in [-0.2, 0) is 11.3 Å². The molecule has 7 nitrogen and oxygen atoms in total. The van der Waals surface area contributed by atoms with Crippen molar-refractivity contribution in [3.8, 4) is 5.75 Å². The fraction of sp³-hybridized carbons (Fsp3) is 0.435. The number of carbonyl (C=O) groups excluding carboxylic acids is 1. The summed E-state index contributed by atoms with van der Waals surface area (Å²) in [6.45, 7) is 12.3. The molecule has 0 unspecified atom stereocenters. The van der Waals surface area contributed by atoms with Gasteiger partial charge in [-0.25, -0.2) is 14.3 Å². The minimum Gasteiger partial charge on any atom is -0.494 e. The van der Waals surface area contributed by atoms with E-state index in [0.717, 1.165) is 11.3 Å². The van der Waals surface area contributed by atoms with Crippen LogP contribution in [0, 0.1) is 0 Å². The molecule has 3 aromatic rings. The molecule has 166 valence electrons. The molecule has 2 aromatic heterocycles. The summed E-state index contributed by atoms with van der Waals surface area (Å²) in [4.78, 5) is 19.4. The van der Waals surface area contributed by atoms with E-state index in [1.54, 1.807) is 16.8 Å². The monoisotopic (exact) mass is 444 g/mol. The van der Waals surface area contributed by atoms with Crippen molar-refractivity contribution in [3.05, 3.63) is 52.9 Å². The van der Waals surface area contributed by atoms with Crippen molar-refractivity contribution in [2.24, 2.45) is 0 Å². The number of aromatic nitrogens is 3. The maximum absolute atomic E-state index is 13.3. The molecule has 0 aliphatic heterocycles. The van der Waals surface area contributed by atoms with Crippen LogP contribution in [0.4, 0.5) is 10.5 Å². The van der Waals surface area contributed by atoms with Crippen LogP contribution in [0.25, 0.3) is 5.65 Å². The lowest BCUT2D eigenvalue weighted by atomic mass is 10.1. The molecule has 0 spiro atoms. The summed E-state index contributed by atoms with van der Waals surface area (Å²) in [5, 5.41) is 4.66. The lowest BCUT2D eigenvalue weighted by Crippen LogP contribution is -2.37. The summed E-state index contributed by atoms with van der Waals surface area (Å²) in [5.41, 5.74) is 2.13. The zero-order valence-corrected chi connectivity index (χ0v) is 19.6. The smallest absolute Gasteiger partial charge is 0.415 e. The number of amides is 1. The number of benzene rings is 1. The third kappa shape index (κ3) is 5.28. The van der Waals surface area contributed by atoms with E-state index in [-0.39, 0.29) is 17.6 Å². The van der Waals surface area contributed by atoms with Crippen LogP contribution < -0.4 is 9.64 Å². The predicted octanol–water partition coefficient (Wildman–Crippen LogP) is 5.85. The third-order valence-electron chi connectivity index (χ3n) is 4.54. The minimum atomic E-state index is -0.666. The quantitative estimate of drug-likeness (QED) is 0.477. The molecular formula is C23H29ClN4O3. The highest BCUT2D eigenvalue weighted by molar-refractivity contribution is 6.29. The molecule has 0 N–H and O–H groups in total. The Balaban J connectivity index is 2.15. The van der Waals surface area contributed by atoms with Crippen LogP contribution in [0.3, 0.4) is 0 Å². The number of fused-ring (bicyclic) bond motifs is 1. The van der Waals surface area contributed by atoms with E-state index in [1.165, 1.54) is 4.90 Å². The average molecular weight is 445 g/mol. The fourth-order valence-corrected chi connectivity index (χ4v) is 3.38. The van der Waals surface area contributed by atoms with E-state index in [4.69, 9.17) is 21.1 Å². The largest absolute Gasteiger partial charge is 0.494 e. The van der Waals surface area contributed by atoms with Gasteiger partial charge in [-0.15, -0.1) is 0 Å². The number of carbonyl (C=O) groups is 1. The van der Waals surface area contributed by atoms with Crippen LogP contribution in [0.5, 0.6) is 5.75 Å². The number of imidazole rings is 1. The molecule has 2 heterocycles. The molecule has 0 saturated carbocycles. The molecule has 0 aliphatic rings. The van der Waals surface area contributed by atoms with E-state index >= 15 is 0 Å². The lowest BCUT2D eigenvalue weighted by Gasteiger charge is -2.28. The first kappa shape index (κ1) is 22.9. The Morgan fingerprint density at radius 2 is 1.97 bits per heavy atom. The fourth-order valence-electron chi connectivity index (χ4n) is 3.20. The normalized spacial score (nSPS) is 11.7. The van der Waals surface area contributed by atoms with Gasteiger partial charge in [0.05, 0.1) is 30.7 Å². The van der Waals surface area contributed by atoms with E-state index in [9.17, 15) is 4.79 Å². The highest BCUT2D eigenvalue weighted by atomic mass is 35.5. The van der Waals surface area contributed by atoms with Gasteiger partial charge < -0.3 is 9.47 Å². The van der Waals surface area contributed by atoms with Crippen molar-refractivity contribution < 1.29 is 14.3 Å². The molecule has 0 saturated heterocycles. The average Bonchev–Trinajstić information content (AvgIpc) is 3.09. The molecule has 0 fully saturated rings. The maximum atomic E-state index is 13.3. The van der Waals surface area contributed by atoms with Crippen LogP contribution in [0.2, 0.25) is 5.15 Å². The molecule has 0 bridgehead atoms. The Hall–Kier alpha value is -2.80. The summed E-state index contributed by atoms with van der Waals surface area (Å²) in [6.07, 6.45) is 1.26. The molecule has 31 heavy (non-hydrogen) atoms. The highest BCUT2D eigenvalue weighted by Crippen LogP contribution is 2.31. The van der Waals surface area contributed by atoms with Crippen molar-refractivity contribution in [2.75, 3.05) is 11.5 Å². The highest BCUT2D eigenvalue weighted by Gasteiger charge is 2.28. The molecule has 1 aromatic carbocycles. The molecule has 0 aliphatic carbocycles. The van der Waals surface area contributed by atoms with Gasteiger partial charge in [0.2, 0.25) is 0 Å². The van der Waals surface area contributed by atoms with Gasteiger partial charge in [-0.1, -0.05) is 43.6 Å².